The number of aromatic nitrogens is 1. The number of rotatable bonds is 12. The van der Waals surface area contributed by atoms with Crippen molar-refractivity contribution in [2.24, 2.45) is 16.4 Å². The van der Waals surface area contributed by atoms with Crippen molar-refractivity contribution in [3.8, 4) is 5.88 Å². The first-order valence-corrected chi connectivity index (χ1v) is 13.8. The number of ether oxygens (including phenoxy) is 1. The van der Waals surface area contributed by atoms with Crippen molar-refractivity contribution in [3.63, 3.8) is 0 Å². The van der Waals surface area contributed by atoms with Gasteiger partial charge in [-0.25, -0.2) is 15.5 Å². The van der Waals surface area contributed by atoms with E-state index < -0.39 is 29.5 Å². The predicted octanol–water partition coefficient (Wildman–Crippen LogP) is 2.89. The largest absolute Gasteiger partial charge is 0.480 e. The third kappa shape index (κ3) is 8.38. The Morgan fingerprint density at radius 1 is 1.23 bits per heavy atom. The minimum atomic E-state index is -0.928. The van der Waals surface area contributed by atoms with Crippen LogP contribution in [0.3, 0.4) is 0 Å². The Morgan fingerprint density at radius 3 is 2.65 bits per heavy atom. The number of benzene rings is 1. The lowest BCUT2D eigenvalue weighted by atomic mass is 9.92. The van der Waals surface area contributed by atoms with Gasteiger partial charge in [0.05, 0.1) is 18.0 Å². The fourth-order valence-corrected chi connectivity index (χ4v) is 4.22. The molecule has 11 heteroatoms. The number of hydrazine groups is 1. The third-order valence-electron chi connectivity index (χ3n) is 6.87. The molecular formula is C29H42N6O5. The number of aliphatic carboxylic acids is 1. The number of carbonyl (C=O) groups is 3. The highest BCUT2D eigenvalue weighted by molar-refractivity contribution is 5.91. The van der Waals surface area contributed by atoms with Gasteiger partial charge in [-0.1, -0.05) is 39.0 Å². The fourth-order valence-electron chi connectivity index (χ4n) is 4.22. The van der Waals surface area contributed by atoms with Gasteiger partial charge in [-0.15, -0.1) is 0 Å². The van der Waals surface area contributed by atoms with Gasteiger partial charge in [0.15, 0.2) is 0 Å². The highest BCUT2D eigenvalue weighted by Gasteiger charge is 2.34. The van der Waals surface area contributed by atoms with E-state index in [4.69, 9.17) is 4.74 Å². The summed E-state index contributed by atoms with van der Waals surface area (Å²) in [7, 11) is 0. The van der Waals surface area contributed by atoms with E-state index in [0.29, 0.717) is 25.3 Å². The Hall–Kier alpha value is -3.73. The summed E-state index contributed by atoms with van der Waals surface area (Å²) >= 11 is 0. The molecule has 0 saturated carbocycles. The molecule has 218 valence electrons. The zero-order chi connectivity index (χ0) is 29.4. The fraction of sp³-hybridized carbons (Fsp3) is 0.552. The number of amides is 2. The Balaban J connectivity index is 1.56. The number of fused-ring (bicyclic) bond motifs is 1. The molecule has 0 aliphatic carbocycles. The van der Waals surface area contributed by atoms with E-state index in [1.54, 1.807) is 27.0 Å². The zero-order valence-corrected chi connectivity index (χ0v) is 24.2. The summed E-state index contributed by atoms with van der Waals surface area (Å²) in [5.41, 5.74) is 3.13. The maximum absolute atomic E-state index is 13.2. The molecular weight excluding hydrogens is 512 g/mol. The molecule has 0 spiro atoms. The molecule has 4 N–H and O–H groups in total. The molecule has 3 unspecified atom stereocenters. The van der Waals surface area contributed by atoms with Crippen molar-refractivity contribution in [2.75, 3.05) is 13.2 Å². The maximum Gasteiger partial charge on any atom is 0.322 e. The monoisotopic (exact) mass is 554 g/mol. The first kappa shape index (κ1) is 30.8. The van der Waals surface area contributed by atoms with Crippen LogP contribution in [0.5, 0.6) is 5.88 Å². The van der Waals surface area contributed by atoms with Gasteiger partial charge in [0.25, 0.3) is 0 Å². The van der Waals surface area contributed by atoms with Crippen molar-refractivity contribution >= 4 is 34.8 Å². The summed E-state index contributed by atoms with van der Waals surface area (Å²) in [6, 6.07) is 6.20. The molecule has 1 aromatic carbocycles. The number of hydrazone groups is 1. The Bertz CT molecular complexity index is 1230. The molecule has 1 aliphatic rings. The number of carbonyl (C=O) groups excluding carboxylic acids is 2. The minimum absolute atomic E-state index is 0.0838. The second-order valence-corrected chi connectivity index (χ2v) is 11.3. The molecule has 11 nitrogen and oxygen atoms in total. The topological polar surface area (TPSA) is 145 Å². The van der Waals surface area contributed by atoms with Gasteiger partial charge in [-0.05, 0) is 56.9 Å². The summed E-state index contributed by atoms with van der Waals surface area (Å²) in [4.78, 5) is 41.9. The number of carboxylic acid groups (broad SMARTS) is 1. The van der Waals surface area contributed by atoms with Crippen LogP contribution in [0.1, 0.15) is 59.9 Å². The SMILES string of the molecule is CCc1ccc2cnc(OCC(C)(C)C(=O)NC(C(=O)NC(C)/C=N/N3CCCC(C(=O)O)N3)C(C)C)cc2c1. The van der Waals surface area contributed by atoms with Crippen LogP contribution in [-0.2, 0) is 20.8 Å². The number of nitrogens with zero attached hydrogens (tertiary/aromatic N) is 3. The van der Waals surface area contributed by atoms with Crippen LogP contribution < -0.4 is 20.8 Å². The number of hydrogen-bond acceptors (Lipinski definition) is 8. The van der Waals surface area contributed by atoms with Crippen LogP contribution in [0.4, 0.5) is 0 Å². The molecule has 40 heavy (non-hydrogen) atoms. The van der Waals surface area contributed by atoms with E-state index in [1.165, 1.54) is 16.9 Å². The molecule has 1 fully saturated rings. The highest BCUT2D eigenvalue weighted by atomic mass is 16.5. The van der Waals surface area contributed by atoms with Crippen molar-refractivity contribution in [1.82, 2.24) is 26.2 Å². The van der Waals surface area contributed by atoms with Crippen LogP contribution in [0.15, 0.2) is 35.6 Å². The van der Waals surface area contributed by atoms with E-state index in [9.17, 15) is 19.5 Å². The first-order chi connectivity index (χ1) is 18.9. The predicted molar refractivity (Wildman–Crippen MR) is 154 cm³/mol. The van der Waals surface area contributed by atoms with E-state index >= 15 is 0 Å². The molecule has 2 aromatic rings. The summed E-state index contributed by atoms with van der Waals surface area (Å²) < 4.78 is 5.92. The van der Waals surface area contributed by atoms with Gasteiger partial charge < -0.3 is 20.5 Å². The standard InChI is InChI=1S/C29H42N6O5/c1-7-20-10-11-21-16-30-24(14-22(21)13-20)40-17-29(5,6)28(39)33-25(18(2)3)26(36)32-19(4)15-31-35-12-8-9-23(34-35)27(37)38/h10-11,13-16,18-19,23,25,34H,7-9,12,17H2,1-6H3,(H,32,36)(H,33,39)(H,37,38)/b31-15+. The van der Waals surface area contributed by atoms with Crippen LogP contribution in [-0.4, -0.2) is 70.5 Å². The van der Waals surface area contributed by atoms with Crippen LogP contribution >= 0.6 is 0 Å². The third-order valence-corrected chi connectivity index (χ3v) is 6.87. The summed E-state index contributed by atoms with van der Waals surface area (Å²) in [6.45, 7) is 11.8. The summed E-state index contributed by atoms with van der Waals surface area (Å²) in [6.07, 6.45) is 5.45. The number of nitrogens with one attached hydrogen (secondary N) is 3. The van der Waals surface area contributed by atoms with Gasteiger partial charge in [-0.2, -0.15) is 5.10 Å². The number of aryl methyl sites for hydroxylation is 1. The van der Waals surface area contributed by atoms with Gasteiger partial charge in [0.1, 0.15) is 18.7 Å². The van der Waals surface area contributed by atoms with E-state index in [2.05, 4.69) is 45.2 Å². The molecule has 1 aromatic heterocycles. The van der Waals surface area contributed by atoms with Gasteiger partial charge in [0.2, 0.25) is 17.7 Å². The smallest absolute Gasteiger partial charge is 0.322 e. The van der Waals surface area contributed by atoms with E-state index in [-0.39, 0.29) is 24.3 Å². The van der Waals surface area contributed by atoms with Gasteiger partial charge >= 0.3 is 5.97 Å². The lowest BCUT2D eigenvalue weighted by Crippen LogP contribution is -2.55. The Morgan fingerprint density at radius 2 is 1.98 bits per heavy atom. The Kier molecular flexibility index (Phi) is 10.4. The molecule has 0 bridgehead atoms. The second-order valence-electron chi connectivity index (χ2n) is 11.3. The molecule has 0 radical (unpaired) electrons. The van der Waals surface area contributed by atoms with Crippen LogP contribution in [0.2, 0.25) is 0 Å². The van der Waals surface area contributed by atoms with Crippen molar-refractivity contribution in [3.05, 3.63) is 36.0 Å². The number of carboxylic acids is 1. The molecule has 1 saturated heterocycles. The molecule has 2 heterocycles. The van der Waals surface area contributed by atoms with Crippen LogP contribution in [0, 0.1) is 11.3 Å². The lowest BCUT2D eigenvalue weighted by Gasteiger charge is -2.30. The molecule has 3 atom stereocenters. The van der Waals surface area contributed by atoms with E-state index in [0.717, 1.165) is 17.2 Å². The van der Waals surface area contributed by atoms with Crippen molar-refractivity contribution in [1.29, 1.82) is 0 Å². The van der Waals surface area contributed by atoms with Crippen molar-refractivity contribution < 1.29 is 24.2 Å². The number of pyridine rings is 1. The summed E-state index contributed by atoms with van der Waals surface area (Å²) in [5.74, 6) is -1.30. The Labute approximate surface area is 235 Å². The average molecular weight is 555 g/mol. The normalized spacial score (nSPS) is 17.6. The van der Waals surface area contributed by atoms with E-state index in [1.807, 2.05) is 26.0 Å². The summed E-state index contributed by atoms with van der Waals surface area (Å²) in [5, 5.41) is 22.7. The lowest BCUT2D eigenvalue weighted by molar-refractivity contribution is -0.142. The first-order valence-electron chi connectivity index (χ1n) is 13.8. The molecule has 2 amide bonds. The second kappa shape index (κ2) is 13.6. The molecule has 3 rings (SSSR count). The maximum atomic E-state index is 13.2. The van der Waals surface area contributed by atoms with Crippen LogP contribution in [0.25, 0.3) is 10.8 Å². The molecule has 1 aliphatic heterocycles. The number of hydrogen-bond donors (Lipinski definition) is 4. The average Bonchev–Trinajstić information content (AvgIpc) is 2.92. The van der Waals surface area contributed by atoms with Crippen molar-refractivity contribution in [2.45, 2.75) is 78.9 Å². The van der Waals surface area contributed by atoms with Gasteiger partial charge in [0, 0.05) is 23.9 Å². The minimum Gasteiger partial charge on any atom is -0.480 e. The highest BCUT2D eigenvalue weighted by Crippen LogP contribution is 2.23. The quantitative estimate of drug-likeness (QED) is 0.293. The van der Waals surface area contributed by atoms with Gasteiger partial charge in [-0.3, -0.25) is 14.4 Å². The zero-order valence-electron chi connectivity index (χ0n) is 24.2.